The molecule has 142 valence electrons. The van der Waals surface area contributed by atoms with E-state index in [0.717, 1.165) is 34.8 Å². The Bertz CT molecular complexity index is 743. The fraction of sp³-hybridized carbons (Fsp3) is 0.474. The van der Waals surface area contributed by atoms with Crippen molar-refractivity contribution in [2.45, 2.75) is 39.8 Å². The molecule has 0 atom stereocenters. The normalized spacial score (nSPS) is 13.9. The zero-order chi connectivity index (χ0) is 17.6. The first-order valence-electron chi connectivity index (χ1n) is 8.72. The van der Waals surface area contributed by atoms with Crippen molar-refractivity contribution in [1.82, 2.24) is 15.6 Å². The van der Waals surface area contributed by atoms with Crippen molar-refractivity contribution >= 4 is 41.3 Å². The highest BCUT2D eigenvalue weighted by atomic mass is 127. The lowest BCUT2D eigenvalue weighted by atomic mass is 10.1. The maximum absolute atomic E-state index is 6.03. The first-order chi connectivity index (χ1) is 12.1. The van der Waals surface area contributed by atoms with E-state index in [4.69, 9.17) is 4.74 Å². The van der Waals surface area contributed by atoms with Crippen LogP contribution in [0.5, 0.6) is 5.75 Å². The van der Waals surface area contributed by atoms with Crippen molar-refractivity contribution in [2.75, 3.05) is 13.7 Å². The van der Waals surface area contributed by atoms with Gasteiger partial charge in [-0.1, -0.05) is 12.1 Å². The zero-order valence-electron chi connectivity index (χ0n) is 15.5. The highest BCUT2D eigenvalue weighted by Crippen LogP contribution is 2.30. The number of hydrogen-bond acceptors (Lipinski definition) is 4. The third-order valence-corrected chi connectivity index (χ3v) is 5.05. The Kier molecular flexibility index (Phi) is 8.15. The van der Waals surface area contributed by atoms with Gasteiger partial charge >= 0.3 is 0 Å². The van der Waals surface area contributed by atoms with Gasteiger partial charge < -0.3 is 15.4 Å². The second-order valence-corrected chi connectivity index (χ2v) is 7.83. The number of thiazole rings is 1. The lowest BCUT2D eigenvalue weighted by molar-refractivity contribution is 0.296. The summed E-state index contributed by atoms with van der Waals surface area (Å²) in [6.07, 6.45) is 4.49. The van der Waals surface area contributed by atoms with E-state index in [1.165, 1.54) is 23.3 Å². The Morgan fingerprint density at radius 3 is 2.69 bits per heavy atom. The fourth-order valence-corrected chi connectivity index (χ4v) is 3.20. The fourth-order valence-electron chi connectivity index (χ4n) is 2.48. The number of aromatic nitrogens is 1. The van der Waals surface area contributed by atoms with E-state index in [1.54, 1.807) is 18.4 Å². The summed E-state index contributed by atoms with van der Waals surface area (Å²) in [6, 6.07) is 6.37. The van der Waals surface area contributed by atoms with Gasteiger partial charge in [0.25, 0.3) is 0 Å². The standard InChI is InChI=1S/C19H26N4OS.HI/c1-13-4-7-16(17(8-13)24-12-15-5-6-15)10-22-19(20-3)23-11-18-21-9-14(2)25-18;/h4,7-9,15H,5-6,10-12H2,1-3H3,(H2,20,22,23);1H. The molecule has 1 aliphatic rings. The molecule has 0 unspecified atom stereocenters. The van der Waals surface area contributed by atoms with Gasteiger partial charge in [-0.05, 0) is 44.2 Å². The Balaban J connectivity index is 0.00000243. The minimum absolute atomic E-state index is 0. The maximum atomic E-state index is 6.03. The number of hydrogen-bond donors (Lipinski definition) is 2. The molecule has 0 bridgehead atoms. The van der Waals surface area contributed by atoms with E-state index in [9.17, 15) is 0 Å². The Morgan fingerprint density at radius 2 is 2.04 bits per heavy atom. The van der Waals surface area contributed by atoms with Crippen LogP contribution in [0.3, 0.4) is 0 Å². The molecule has 26 heavy (non-hydrogen) atoms. The summed E-state index contributed by atoms with van der Waals surface area (Å²) < 4.78 is 6.03. The Hall–Kier alpha value is -1.35. The predicted octanol–water partition coefficient (Wildman–Crippen LogP) is 4.03. The third kappa shape index (κ3) is 6.42. The second-order valence-electron chi connectivity index (χ2n) is 6.51. The summed E-state index contributed by atoms with van der Waals surface area (Å²) in [5.74, 6) is 2.49. The highest BCUT2D eigenvalue weighted by Gasteiger charge is 2.22. The van der Waals surface area contributed by atoms with Crippen LogP contribution in [0.15, 0.2) is 29.4 Å². The summed E-state index contributed by atoms with van der Waals surface area (Å²) in [4.78, 5) is 9.87. The van der Waals surface area contributed by atoms with Crippen LogP contribution in [0.2, 0.25) is 0 Å². The largest absolute Gasteiger partial charge is 0.493 e. The molecule has 0 saturated heterocycles. The number of nitrogens with one attached hydrogen (secondary N) is 2. The van der Waals surface area contributed by atoms with Crippen molar-refractivity contribution in [3.8, 4) is 5.75 Å². The van der Waals surface area contributed by atoms with E-state index in [-0.39, 0.29) is 24.0 Å². The average molecular weight is 486 g/mol. The number of guanidine groups is 1. The van der Waals surface area contributed by atoms with E-state index in [1.807, 2.05) is 6.20 Å². The molecule has 0 amide bonds. The average Bonchev–Trinajstić information content (AvgIpc) is 3.35. The number of halogens is 1. The molecule has 2 aromatic rings. The van der Waals surface area contributed by atoms with Gasteiger partial charge in [0, 0.05) is 30.2 Å². The predicted molar refractivity (Wildman–Crippen MR) is 119 cm³/mol. The van der Waals surface area contributed by atoms with Crippen molar-refractivity contribution in [2.24, 2.45) is 10.9 Å². The monoisotopic (exact) mass is 486 g/mol. The summed E-state index contributed by atoms with van der Waals surface area (Å²) in [5.41, 5.74) is 2.37. The molecule has 1 fully saturated rings. The number of ether oxygens (including phenoxy) is 1. The molecule has 0 spiro atoms. The summed E-state index contributed by atoms with van der Waals surface area (Å²) in [5, 5.41) is 7.73. The van der Waals surface area contributed by atoms with Crippen LogP contribution < -0.4 is 15.4 Å². The highest BCUT2D eigenvalue weighted by molar-refractivity contribution is 14.0. The van der Waals surface area contributed by atoms with Crippen LogP contribution >= 0.6 is 35.3 Å². The first kappa shape index (κ1) is 21.0. The van der Waals surface area contributed by atoms with Crippen molar-refractivity contribution in [1.29, 1.82) is 0 Å². The molecule has 1 aromatic carbocycles. The SMILES string of the molecule is CN=C(NCc1ncc(C)s1)NCc1ccc(C)cc1OCC1CC1.I. The maximum Gasteiger partial charge on any atom is 0.191 e. The van der Waals surface area contributed by atoms with Gasteiger partial charge in [-0.15, -0.1) is 35.3 Å². The van der Waals surface area contributed by atoms with Crippen LogP contribution in [0.4, 0.5) is 0 Å². The van der Waals surface area contributed by atoms with Crippen molar-refractivity contribution in [3.05, 3.63) is 45.4 Å². The number of rotatable bonds is 7. The lowest BCUT2D eigenvalue weighted by Crippen LogP contribution is -2.36. The van der Waals surface area contributed by atoms with E-state index in [0.29, 0.717) is 13.1 Å². The molecule has 1 heterocycles. The minimum atomic E-state index is 0. The zero-order valence-corrected chi connectivity index (χ0v) is 18.7. The summed E-state index contributed by atoms with van der Waals surface area (Å²) in [6.45, 7) is 6.34. The van der Waals surface area contributed by atoms with E-state index >= 15 is 0 Å². The van der Waals surface area contributed by atoms with Gasteiger partial charge in [-0.25, -0.2) is 4.98 Å². The number of aliphatic imine (C=N–C) groups is 1. The molecule has 1 aromatic heterocycles. The van der Waals surface area contributed by atoms with E-state index in [2.05, 4.69) is 52.7 Å². The second kappa shape index (κ2) is 10.1. The molecule has 0 radical (unpaired) electrons. The minimum Gasteiger partial charge on any atom is -0.493 e. The Labute approximate surface area is 176 Å². The van der Waals surface area contributed by atoms with Gasteiger partial charge in [0.15, 0.2) is 5.96 Å². The van der Waals surface area contributed by atoms with E-state index < -0.39 is 0 Å². The molecule has 0 aliphatic heterocycles. The van der Waals surface area contributed by atoms with Gasteiger partial charge in [0.2, 0.25) is 0 Å². The van der Waals surface area contributed by atoms with Crippen LogP contribution in [-0.2, 0) is 13.1 Å². The number of nitrogens with zero attached hydrogens (tertiary/aromatic N) is 2. The molecular formula is C19H27IN4OS. The quantitative estimate of drug-likeness (QED) is 0.353. The molecule has 7 heteroatoms. The summed E-state index contributed by atoms with van der Waals surface area (Å²) in [7, 11) is 1.78. The van der Waals surface area contributed by atoms with Crippen LogP contribution in [0, 0.1) is 19.8 Å². The van der Waals surface area contributed by atoms with Crippen LogP contribution in [-0.4, -0.2) is 24.6 Å². The van der Waals surface area contributed by atoms with Gasteiger partial charge in [-0.3, -0.25) is 4.99 Å². The molecule has 1 aliphatic carbocycles. The van der Waals surface area contributed by atoms with Gasteiger partial charge in [0.05, 0.1) is 13.2 Å². The topological polar surface area (TPSA) is 58.5 Å². The van der Waals surface area contributed by atoms with Gasteiger partial charge in [0.1, 0.15) is 10.8 Å². The number of benzene rings is 1. The molecule has 2 N–H and O–H groups in total. The van der Waals surface area contributed by atoms with Crippen LogP contribution in [0.1, 0.15) is 33.9 Å². The molecule has 3 rings (SSSR count). The lowest BCUT2D eigenvalue weighted by Gasteiger charge is -2.15. The first-order valence-corrected chi connectivity index (χ1v) is 9.54. The van der Waals surface area contributed by atoms with Crippen LogP contribution in [0.25, 0.3) is 0 Å². The molecular weight excluding hydrogens is 459 g/mol. The van der Waals surface area contributed by atoms with Crippen molar-refractivity contribution < 1.29 is 4.74 Å². The van der Waals surface area contributed by atoms with Gasteiger partial charge in [-0.2, -0.15) is 0 Å². The summed E-state index contributed by atoms with van der Waals surface area (Å²) >= 11 is 1.70. The third-order valence-electron chi connectivity index (χ3n) is 4.14. The Morgan fingerprint density at radius 1 is 1.27 bits per heavy atom. The molecule has 1 saturated carbocycles. The smallest absolute Gasteiger partial charge is 0.191 e. The molecule has 5 nitrogen and oxygen atoms in total. The number of aryl methyl sites for hydroxylation is 2. The van der Waals surface area contributed by atoms with Crippen molar-refractivity contribution in [3.63, 3.8) is 0 Å².